The molecule has 1 rings (SSSR count). The highest BCUT2D eigenvalue weighted by molar-refractivity contribution is 4.72. The Bertz CT molecular complexity index is 201. The number of nitrogens with one attached hydrogen (secondary N) is 1. The molecule has 0 radical (unpaired) electrons. The van der Waals surface area contributed by atoms with Crippen molar-refractivity contribution in [3.63, 3.8) is 0 Å². The largest absolute Gasteiger partial charge is 0.383 e. The maximum Gasteiger partial charge on any atom is 0.0589 e. The summed E-state index contributed by atoms with van der Waals surface area (Å²) in [6.45, 7) is 10.3. The van der Waals surface area contributed by atoms with Crippen molar-refractivity contribution in [1.29, 1.82) is 0 Å². The molecule has 1 aliphatic heterocycles. The van der Waals surface area contributed by atoms with Crippen LogP contribution < -0.4 is 5.32 Å². The standard InChI is InChI=1S/C16H34N2O/c1-4-16(5-2)18(12-13-19-3)11-7-9-15-8-6-10-17-14-15/h15-17H,4-14H2,1-3H3. The molecule has 19 heavy (non-hydrogen) atoms. The van der Waals surface area contributed by atoms with Crippen LogP contribution in [0.25, 0.3) is 0 Å². The molecule has 0 aromatic carbocycles. The normalized spacial score (nSPS) is 20.4. The lowest BCUT2D eigenvalue weighted by molar-refractivity contribution is 0.112. The van der Waals surface area contributed by atoms with Gasteiger partial charge in [0.05, 0.1) is 6.61 Å². The van der Waals surface area contributed by atoms with Gasteiger partial charge in [-0.1, -0.05) is 13.8 Å². The molecule has 1 saturated heterocycles. The third kappa shape index (κ3) is 6.73. The Labute approximate surface area is 120 Å². The second-order valence-corrected chi connectivity index (χ2v) is 5.85. The first-order valence-electron chi connectivity index (χ1n) is 8.25. The Morgan fingerprint density at radius 3 is 2.63 bits per heavy atom. The second-order valence-electron chi connectivity index (χ2n) is 5.85. The average Bonchev–Trinajstić information content (AvgIpc) is 2.46. The first kappa shape index (κ1) is 16.9. The van der Waals surface area contributed by atoms with Gasteiger partial charge in [-0.3, -0.25) is 4.90 Å². The van der Waals surface area contributed by atoms with E-state index in [0.717, 1.165) is 25.1 Å². The van der Waals surface area contributed by atoms with Crippen molar-refractivity contribution in [2.24, 2.45) is 5.92 Å². The summed E-state index contributed by atoms with van der Waals surface area (Å²) >= 11 is 0. The van der Waals surface area contributed by atoms with Crippen LogP contribution in [0.5, 0.6) is 0 Å². The predicted octanol–water partition coefficient (Wildman–Crippen LogP) is 2.90. The number of hydrogen-bond donors (Lipinski definition) is 1. The molecular weight excluding hydrogens is 236 g/mol. The summed E-state index contributed by atoms with van der Waals surface area (Å²) < 4.78 is 5.26. The molecule has 0 spiro atoms. The summed E-state index contributed by atoms with van der Waals surface area (Å²) in [4.78, 5) is 2.64. The van der Waals surface area contributed by atoms with E-state index in [0.29, 0.717) is 0 Å². The molecule has 1 unspecified atom stereocenters. The summed E-state index contributed by atoms with van der Waals surface area (Å²) in [6, 6.07) is 0.736. The summed E-state index contributed by atoms with van der Waals surface area (Å²) in [5, 5.41) is 3.52. The van der Waals surface area contributed by atoms with Crippen LogP contribution in [0, 0.1) is 5.92 Å². The van der Waals surface area contributed by atoms with E-state index in [-0.39, 0.29) is 0 Å². The van der Waals surface area contributed by atoms with Crippen molar-refractivity contribution in [2.75, 3.05) is 39.9 Å². The van der Waals surface area contributed by atoms with Gasteiger partial charge in [-0.25, -0.2) is 0 Å². The van der Waals surface area contributed by atoms with Gasteiger partial charge in [0, 0.05) is 19.7 Å². The number of hydrogen-bond acceptors (Lipinski definition) is 3. The van der Waals surface area contributed by atoms with Gasteiger partial charge < -0.3 is 10.1 Å². The predicted molar refractivity (Wildman–Crippen MR) is 82.6 cm³/mol. The molecule has 0 aromatic rings. The van der Waals surface area contributed by atoms with Crippen LogP contribution in [0.3, 0.4) is 0 Å². The molecule has 0 amide bonds. The first-order chi connectivity index (χ1) is 9.31. The van der Waals surface area contributed by atoms with E-state index in [1.54, 1.807) is 7.11 Å². The molecule has 0 saturated carbocycles. The van der Waals surface area contributed by atoms with Gasteiger partial charge in [-0.05, 0) is 64.1 Å². The fourth-order valence-electron chi connectivity index (χ4n) is 3.24. The lowest BCUT2D eigenvalue weighted by Crippen LogP contribution is -2.38. The Morgan fingerprint density at radius 2 is 2.05 bits per heavy atom. The van der Waals surface area contributed by atoms with E-state index in [4.69, 9.17) is 4.74 Å². The van der Waals surface area contributed by atoms with E-state index < -0.39 is 0 Å². The zero-order valence-electron chi connectivity index (χ0n) is 13.3. The lowest BCUT2D eigenvalue weighted by atomic mass is 9.94. The van der Waals surface area contributed by atoms with Crippen molar-refractivity contribution < 1.29 is 4.74 Å². The molecule has 1 aliphatic rings. The summed E-state index contributed by atoms with van der Waals surface area (Å²) in [7, 11) is 1.80. The monoisotopic (exact) mass is 270 g/mol. The number of rotatable bonds is 10. The van der Waals surface area contributed by atoms with Crippen LogP contribution in [0.2, 0.25) is 0 Å². The van der Waals surface area contributed by atoms with Crippen LogP contribution >= 0.6 is 0 Å². The molecule has 1 heterocycles. The molecule has 0 bridgehead atoms. The van der Waals surface area contributed by atoms with Crippen molar-refractivity contribution in [1.82, 2.24) is 10.2 Å². The third-order valence-electron chi connectivity index (χ3n) is 4.50. The minimum Gasteiger partial charge on any atom is -0.383 e. The summed E-state index contributed by atoms with van der Waals surface area (Å²) in [6.07, 6.45) is 8.03. The van der Waals surface area contributed by atoms with E-state index in [1.165, 1.54) is 58.2 Å². The minimum atomic E-state index is 0.736. The Hall–Kier alpha value is -0.120. The van der Waals surface area contributed by atoms with Gasteiger partial charge in [0.15, 0.2) is 0 Å². The van der Waals surface area contributed by atoms with Gasteiger partial charge in [0.2, 0.25) is 0 Å². The molecule has 1 fully saturated rings. The van der Waals surface area contributed by atoms with Crippen molar-refractivity contribution >= 4 is 0 Å². The first-order valence-corrected chi connectivity index (χ1v) is 8.25. The number of nitrogens with zero attached hydrogens (tertiary/aromatic N) is 1. The molecular formula is C16H34N2O. The SMILES string of the molecule is CCC(CC)N(CCCC1CCCNC1)CCOC. The van der Waals surface area contributed by atoms with E-state index >= 15 is 0 Å². The topological polar surface area (TPSA) is 24.5 Å². The fourth-order valence-corrected chi connectivity index (χ4v) is 3.24. The molecule has 0 aliphatic carbocycles. The number of piperidine rings is 1. The van der Waals surface area contributed by atoms with Gasteiger partial charge in [0.25, 0.3) is 0 Å². The van der Waals surface area contributed by atoms with Crippen LogP contribution in [0.4, 0.5) is 0 Å². The number of ether oxygens (including phenoxy) is 1. The quantitative estimate of drug-likeness (QED) is 0.660. The number of methoxy groups -OCH3 is 1. The van der Waals surface area contributed by atoms with Crippen LogP contribution in [0.1, 0.15) is 52.4 Å². The van der Waals surface area contributed by atoms with Crippen LogP contribution in [-0.2, 0) is 4.74 Å². The van der Waals surface area contributed by atoms with Crippen LogP contribution in [-0.4, -0.2) is 50.8 Å². The van der Waals surface area contributed by atoms with Gasteiger partial charge in [-0.15, -0.1) is 0 Å². The molecule has 114 valence electrons. The maximum absolute atomic E-state index is 5.26. The Kier molecular flexibility index (Phi) is 9.48. The third-order valence-corrected chi connectivity index (χ3v) is 4.50. The highest BCUT2D eigenvalue weighted by Gasteiger charge is 2.16. The van der Waals surface area contributed by atoms with Crippen molar-refractivity contribution in [3.05, 3.63) is 0 Å². The van der Waals surface area contributed by atoms with Crippen molar-refractivity contribution in [2.45, 2.75) is 58.4 Å². The molecule has 1 N–H and O–H groups in total. The Balaban J connectivity index is 2.25. The summed E-state index contributed by atoms with van der Waals surface area (Å²) in [5.74, 6) is 0.916. The smallest absolute Gasteiger partial charge is 0.0589 e. The van der Waals surface area contributed by atoms with Gasteiger partial charge in [-0.2, -0.15) is 0 Å². The molecule has 0 aromatic heterocycles. The highest BCUT2D eigenvalue weighted by atomic mass is 16.5. The Morgan fingerprint density at radius 1 is 1.26 bits per heavy atom. The fraction of sp³-hybridized carbons (Fsp3) is 1.00. The van der Waals surface area contributed by atoms with E-state index in [2.05, 4.69) is 24.1 Å². The van der Waals surface area contributed by atoms with Crippen molar-refractivity contribution in [3.8, 4) is 0 Å². The van der Waals surface area contributed by atoms with Gasteiger partial charge in [0.1, 0.15) is 0 Å². The maximum atomic E-state index is 5.26. The summed E-state index contributed by atoms with van der Waals surface area (Å²) in [5.41, 5.74) is 0. The molecule has 1 atom stereocenters. The lowest BCUT2D eigenvalue weighted by Gasteiger charge is -2.31. The van der Waals surface area contributed by atoms with E-state index in [9.17, 15) is 0 Å². The minimum absolute atomic E-state index is 0.736. The molecule has 3 heteroatoms. The van der Waals surface area contributed by atoms with Gasteiger partial charge >= 0.3 is 0 Å². The van der Waals surface area contributed by atoms with E-state index in [1.807, 2.05) is 0 Å². The average molecular weight is 270 g/mol. The highest BCUT2D eigenvalue weighted by Crippen LogP contribution is 2.17. The second kappa shape index (κ2) is 10.6. The molecule has 3 nitrogen and oxygen atoms in total. The van der Waals surface area contributed by atoms with Crippen LogP contribution in [0.15, 0.2) is 0 Å². The zero-order chi connectivity index (χ0) is 13.9. The zero-order valence-corrected chi connectivity index (χ0v) is 13.3.